The van der Waals surface area contributed by atoms with E-state index in [4.69, 9.17) is 9.47 Å². The molecule has 7 heteroatoms. The maximum Gasteiger partial charge on any atom is 0.346 e. The van der Waals surface area contributed by atoms with Gasteiger partial charge in [0.15, 0.2) is 17.1 Å². The fraction of sp³-hybridized carbons (Fsp3) is 0.133. The molecule has 0 bridgehead atoms. The fourth-order valence-corrected chi connectivity index (χ4v) is 1.95. The number of rotatable bonds is 6. The summed E-state index contributed by atoms with van der Waals surface area (Å²) in [5.74, 6) is -1.49. The zero-order chi connectivity index (χ0) is 16.1. The van der Waals surface area contributed by atoms with Gasteiger partial charge >= 0.3 is 5.97 Å². The highest BCUT2D eigenvalue weighted by Crippen LogP contribution is 2.37. The van der Waals surface area contributed by atoms with Crippen molar-refractivity contribution in [1.29, 1.82) is 0 Å². The van der Waals surface area contributed by atoms with Gasteiger partial charge < -0.3 is 14.6 Å². The van der Waals surface area contributed by atoms with E-state index in [1.807, 2.05) is 18.2 Å². The predicted molar refractivity (Wildman–Crippen MR) is 77.4 cm³/mol. The van der Waals surface area contributed by atoms with Gasteiger partial charge in [-0.15, -0.1) is 0 Å². The molecular weight excluding hydrogens is 290 g/mol. The largest absolute Gasteiger partial charge is 0.493 e. The average molecular weight is 303 g/mol. The number of nitro groups is 1. The molecule has 1 N–H and O–H groups in total. The first-order chi connectivity index (χ1) is 10.5. The fourth-order valence-electron chi connectivity index (χ4n) is 1.95. The van der Waals surface area contributed by atoms with Crippen molar-refractivity contribution in [3.63, 3.8) is 0 Å². The maximum absolute atomic E-state index is 11.4. The van der Waals surface area contributed by atoms with Crippen LogP contribution in [-0.2, 0) is 6.61 Å². The van der Waals surface area contributed by atoms with Crippen LogP contribution >= 0.6 is 0 Å². The number of methoxy groups -OCH3 is 1. The van der Waals surface area contributed by atoms with Crippen molar-refractivity contribution in [3.05, 3.63) is 63.7 Å². The van der Waals surface area contributed by atoms with Gasteiger partial charge in [-0.1, -0.05) is 30.3 Å². The number of nitro benzene ring substituents is 1. The molecule has 0 aromatic heterocycles. The number of aromatic carboxylic acids is 1. The third-order valence-corrected chi connectivity index (χ3v) is 2.96. The number of benzene rings is 2. The summed E-state index contributed by atoms with van der Waals surface area (Å²) in [4.78, 5) is 21.6. The molecule has 0 amide bonds. The number of hydrogen-bond donors (Lipinski definition) is 1. The second kappa shape index (κ2) is 6.57. The van der Waals surface area contributed by atoms with Crippen molar-refractivity contribution in [2.45, 2.75) is 6.61 Å². The van der Waals surface area contributed by atoms with Gasteiger partial charge in [-0.2, -0.15) is 0 Å². The molecule has 2 aromatic rings. The highest BCUT2D eigenvalue weighted by Gasteiger charge is 2.28. The third kappa shape index (κ3) is 3.14. The van der Waals surface area contributed by atoms with Crippen molar-refractivity contribution >= 4 is 11.7 Å². The minimum absolute atomic E-state index is 0.0681. The van der Waals surface area contributed by atoms with E-state index in [-0.39, 0.29) is 18.1 Å². The first-order valence-corrected chi connectivity index (χ1v) is 6.30. The summed E-state index contributed by atoms with van der Waals surface area (Å²) < 4.78 is 10.5. The summed E-state index contributed by atoms with van der Waals surface area (Å²) in [6.07, 6.45) is 0. The Morgan fingerprint density at radius 2 is 1.91 bits per heavy atom. The van der Waals surface area contributed by atoms with E-state index < -0.39 is 22.1 Å². The minimum atomic E-state index is -1.45. The van der Waals surface area contributed by atoms with Crippen molar-refractivity contribution in [2.75, 3.05) is 7.11 Å². The van der Waals surface area contributed by atoms with E-state index in [2.05, 4.69) is 0 Å². The lowest BCUT2D eigenvalue weighted by Gasteiger charge is -2.13. The Bertz CT molecular complexity index is 699. The lowest BCUT2D eigenvalue weighted by Crippen LogP contribution is -2.08. The van der Waals surface area contributed by atoms with Crippen molar-refractivity contribution in [3.8, 4) is 11.5 Å². The van der Waals surface area contributed by atoms with Gasteiger partial charge in [-0.25, -0.2) is 4.79 Å². The Morgan fingerprint density at radius 1 is 1.23 bits per heavy atom. The molecule has 114 valence electrons. The van der Waals surface area contributed by atoms with E-state index in [9.17, 15) is 20.0 Å². The highest BCUT2D eigenvalue weighted by atomic mass is 16.6. The summed E-state index contributed by atoms with van der Waals surface area (Å²) in [5.41, 5.74) is -0.274. The monoisotopic (exact) mass is 303 g/mol. The molecular formula is C15H13NO6. The topological polar surface area (TPSA) is 98.9 Å². The molecule has 22 heavy (non-hydrogen) atoms. The number of carbonyl (C=O) groups is 1. The number of ether oxygens (including phenoxy) is 2. The molecule has 0 radical (unpaired) electrons. The molecule has 0 aliphatic rings. The second-order valence-electron chi connectivity index (χ2n) is 4.33. The van der Waals surface area contributed by atoms with E-state index in [1.54, 1.807) is 12.1 Å². The molecule has 2 rings (SSSR count). The Hall–Kier alpha value is -3.09. The summed E-state index contributed by atoms with van der Waals surface area (Å²) in [7, 11) is 1.34. The molecule has 0 aliphatic heterocycles. The summed E-state index contributed by atoms with van der Waals surface area (Å²) in [5, 5.41) is 20.3. The normalized spacial score (nSPS) is 10.0. The summed E-state index contributed by atoms with van der Waals surface area (Å²) >= 11 is 0. The van der Waals surface area contributed by atoms with Crippen LogP contribution in [0.1, 0.15) is 15.9 Å². The minimum Gasteiger partial charge on any atom is -0.493 e. The van der Waals surface area contributed by atoms with Crippen LogP contribution in [0.5, 0.6) is 11.5 Å². The molecule has 0 aliphatic carbocycles. The standard InChI is InChI=1S/C15H13NO6/c1-21-12-8-7-11(16(19)20)13(15(17)18)14(12)22-9-10-5-3-2-4-6-10/h2-8H,9H2,1H3,(H,17,18). The van der Waals surface area contributed by atoms with E-state index in [0.29, 0.717) is 0 Å². The van der Waals surface area contributed by atoms with Gasteiger partial charge in [-0.05, 0) is 11.6 Å². The SMILES string of the molecule is COc1ccc([N+](=O)[O-])c(C(=O)O)c1OCc1ccccc1. The van der Waals surface area contributed by atoms with Crippen LogP contribution in [-0.4, -0.2) is 23.1 Å². The third-order valence-electron chi connectivity index (χ3n) is 2.96. The first kappa shape index (κ1) is 15.3. The molecule has 0 fully saturated rings. The second-order valence-corrected chi connectivity index (χ2v) is 4.33. The molecule has 0 heterocycles. The number of carboxylic acids is 1. The Labute approximate surface area is 125 Å². The van der Waals surface area contributed by atoms with Crippen LogP contribution in [0, 0.1) is 10.1 Å². The zero-order valence-corrected chi connectivity index (χ0v) is 11.7. The van der Waals surface area contributed by atoms with E-state index >= 15 is 0 Å². The molecule has 0 spiro atoms. The summed E-state index contributed by atoms with van der Waals surface area (Å²) in [6, 6.07) is 11.4. The molecule has 0 saturated heterocycles. The number of hydrogen-bond acceptors (Lipinski definition) is 5. The summed E-state index contributed by atoms with van der Waals surface area (Å²) in [6.45, 7) is 0.0681. The van der Waals surface area contributed by atoms with Gasteiger partial charge in [0, 0.05) is 6.07 Å². The van der Waals surface area contributed by atoms with Crippen LogP contribution < -0.4 is 9.47 Å². The van der Waals surface area contributed by atoms with Gasteiger partial charge in [-0.3, -0.25) is 10.1 Å². The smallest absolute Gasteiger partial charge is 0.346 e. The first-order valence-electron chi connectivity index (χ1n) is 6.30. The lowest BCUT2D eigenvalue weighted by molar-refractivity contribution is -0.385. The Kier molecular flexibility index (Phi) is 4.57. The van der Waals surface area contributed by atoms with E-state index in [1.165, 1.54) is 13.2 Å². The van der Waals surface area contributed by atoms with Gasteiger partial charge in [0.2, 0.25) is 0 Å². The Morgan fingerprint density at radius 3 is 2.45 bits per heavy atom. The maximum atomic E-state index is 11.4. The van der Waals surface area contributed by atoms with E-state index in [0.717, 1.165) is 11.6 Å². The quantitative estimate of drug-likeness (QED) is 0.650. The molecule has 2 aromatic carbocycles. The lowest BCUT2D eigenvalue weighted by atomic mass is 10.1. The number of nitrogens with zero attached hydrogens (tertiary/aromatic N) is 1. The molecule has 0 unspecified atom stereocenters. The molecule has 7 nitrogen and oxygen atoms in total. The van der Waals surface area contributed by atoms with Crippen molar-refractivity contribution in [2.24, 2.45) is 0 Å². The average Bonchev–Trinajstić information content (AvgIpc) is 2.52. The molecule has 0 atom stereocenters. The van der Waals surface area contributed by atoms with Gasteiger partial charge in [0.25, 0.3) is 5.69 Å². The predicted octanol–water partition coefficient (Wildman–Crippen LogP) is 2.88. The van der Waals surface area contributed by atoms with Crippen LogP contribution in [0.2, 0.25) is 0 Å². The van der Waals surface area contributed by atoms with Crippen molar-refractivity contribution < 1.29 is 24.3 Å². The highest BCUT2D eigenvalue weighted by molar-refractivity contribution is 5.96. The van der Waals surface area contributed by atoms with Crippen molar-refractivity contribution in [1.82, 2.24) is 0 Å². The number of carboxylic acid groups (broad SMARTS) is 1. The van der Waals surface area contributed by atoms with Crippen LogP contribution in [0.25, 0.3) is 0 Å². The zero-order valence-electron chi connectivity index (χ0n) is 11.7. The van der Waals surface area contributed by atoms with Crippen LogP contribution in [0.15, 0.2) is 42.5 Å². The van der Waals surface area contributed by atoms with Crippen LogP contribution in [0.3, 0.4) is 0 Å². The molecule has 0 saturated carbocycles. The Balaban J connectivity index is 2.44. The van der Waals surface area contributed by atoms with Crippen LogP contribution in [0.4, 0.5) is 5.69 Å². The van der Waals surface area contributed by atoms with Gasteiger partial charge in [0.05, 0.1) is 12.0 Å². The van der Waals surface area contributed by atoms with Gasteiger partial charge in [0.1, 0.15) is 6.61 Å².